The fraction of sp³-hybridized carbons (Fsp3) is 0.500. The van der Waals surface area contributed by atoms with Crippen molar-refractivity contribution in [2.24, 2.45) is 0 Å². The molecule has 2 aliphatic heterocycles. The molecule has 0 radical (unpaired) electrons. The molecule has 1 aromatic rings. The largest absolute Gasteiger partial charge is 0.490 e. The summed E-state index contributed by atoms with van der Waals surface area (Å²) in [7, 11) is 0. The van der Waals surface area contributed by atoms with Crippen molar-refractivity contribution >= 4 is 11.6 Å². The van der Waals surface area contributed by atoms with Crippen molar-refractivity contribution in [1.82, 2.24) is 0 Å². The number of fused-ring (bicyclic) bond motifs is 1. The normalized spacial score (nSPS) is 21.4. The van der Waals surface area contributed by atoms with E-state index in [2.05, 4.69) is 0 Å². The number of nitrogens with zero attached hydrogens (tertiary/aromatic N) is 1. The number of carbonyl (C=O) groups excluding carboxylic acids is 1. The van der Waals surface area contributed by atoms with Crippen LogP contribution in [0.25, 0.3) is 0 Å². The molecule has 96 valence electrons. The number of epoxide rings is 1. The number of amides is 1. The number of ether oxygens (including phenoxy) is 2. The minimum atomic E-state index is 0.0960. The number of hydrogen-bond donors (Lipinski definition) is 0. The number of rotatable bonds is 3. The van der Waals surface area contributed by atoms with Crippen LogP contribution in [0.3, 0.4) is 0 Å². The lowest BCUT2D eigenvalue weighted by molar-refractivity contribution is -0.116. The highest BCUT2D eigenvalue weighted by molar-refractivity contribution is 5.93. The van der Waals surface area contributed by atoms with E-state index >= 15 is 0 Å². The Hall–Kier alpha value is -1.55. The molecule has 0 aromatic heterocycles. The number of anilines is 1. The van der Waals surface area contributed by atoms with Crippen LogP contribution in [0, 0.1) is 0 Å². The molecule has 1 saturated heterocycles. The van der Waals surface area contributed by atoms with Crippen molar-refractivity contribution in [3.63, 3.8) is 0 Å². The third kappa shape index (κ3) is 2.20. The van der Waals surface area contributed by atoms with Crippen LogP contribution >= 0.6 is 0 Å². The Kier molecular flexibility index (Phi) is 2.96. The van der Waals surface area contributed by atoms with Crippen LogP contribution in [0.15, 0.2) is 18.2 Å². The quantitative estimate of drug-likeness (QED) is 0.764. The molecule has 18 heavy (non-hydrogen) atoms. The predicted molar refractivity (Wildman–Crippen MR) is 68.0 cm³/mol. The Balaban J connectivity index is 1.86. The number of carbonyl (C=O) groups is 1. The molecule has 1 aromatic carbocycles. The van der Waals surface area contributed by atoms with E-state index in [1.54, 1.807) is 6.92 Å². The van der Waals surface area contributed by atoms with Crippen molar-refractivity contribution in [2.45, 2.75) is 25.9 Å². The standard InChI is InChI=1S/C14H17NO3/c1-10(16)15-7-3-4-12-13(15)5-2-6-14(12)18-9-11-8-17-11/h2,5-6,11H,3-4,7-9H2,1H3. The Morgan fingerprint density at radius 2 is 2.39 bits per heavy atom. The molecule has 3 rings (SSSR count). The first-order chi connectivity index (χ1) is 8.75. The van der Waals surface area contributed by atoms with E-state index in [0.29, 0.717) is 6.61 Å². The summed E-state index contributed by atoms with van der Waals surface area (Å²) in [4.78, 5) is 13.4. The third-order valence-corrected chi connectivity index (χ3v) is 3.41. The summed E-state index contributed by atoms with van der Waals surface area (Å²) in [5.41, 5.74) is 2.16. The van der Waals surface area contributed by atoms with Crippen LogP contribution in [-0.2, 0) is 16.0 Å². The molecule has 1 unspecified atom stereocenters. The fourth-order valence-electron chi connectivity index (χ4n) is 2.40. The summed E-state index contributed by atoms with van der Waals surface area (Å²) in [5, 5.41) is 0. The molecule has 1 amide bonds. The van der Waals surface area contributed by atoms with Gasteiger partial charge < -0.3 is 14.4 Å². The highest BCUT2D eigenvalue weighted by atomic mass is 16.6. The van der Waals surface area contributed by atoms with Gasteiger partial charge in [0.15, 0.2) is 0 Å². The molecule has 4 heteroatoms. The average Bonchev–Trinajstić information content (AvgIpc) is 3.19. The minimum absolute atomic E-state index is 0.0960. The zero-order valence-corrected chi connectivity index (χ0v) is 10.5. The van der Waals surface area contributed by atoms with E-state index in [9.17, 15) is 4.79 Å². The summed E-state index contributed by atoms with van der Waals surface area (Å²) in [6.07, 6.45) is 2.22. The van der Waals surface area contributed by atoms with E-state index < -0.39 is 0 Å². The molecular formula is C14H17NO3. The van der Waals surface area contributed by atoms with Crippen molar-refractivity contribution < 1.29 is 14.3 Å². The molecule has 0 saturated carbocycles. The van der Waals surface area contributed by atoms with Crippen LogP contribution in [0.5, 0.6) is 5.75 Å². The molecule has 4 nitrogen and oxygen atoms in total. The zero-order chi connectivity index (χ0) is 12.5. The van der Waals surface area contributed by atoms with Crippen LogP contribution < -0.4 is 9.64 Å². The van der Waals surface area contributed by atoms with Gasteiger partial charge in [-0.1, -0.05) is 6.07 Å². The van der Waals surface area contributed by atoms with Gasteiger partial charge >= 0.3 is 0 Å². The second kappa shape index (κ2) is 4.61. The van der Waals surface area contributed by atoms with Gasteiger partial charge in [0.25, 0.3) is 0 Å². The number of benzene rings is 1. The lowest BCUT2D eigenvalue weighted by Crippen LogP contribution is -2.33. The Morgan fingerprint density at radius 1 is 1.56 bits per heavy atom. The van der Waals surface area contributed by atoms with E-state index in [4.69, 9.17) is 9.47 Å². The molecule has 1 atom stereocenters. The highest BCUT2D eigenvalue weighted by Crippen LogP contribution is 2.34. The predicted octanol–water partition coefficient (Wildman–Crippen LogP) is 1.76. The molecule has 2 aliphatic rings. The first-order valence-electron chi connectivity index (χ1n) is 6.40. The maximum atomic E-state index is 11.6. The smallest absolute Gasteiger partial charge is 0.223 e. The summed E-state index contributed by atoms with van der Waals surface area (Å²) in [6.45, 7) is 3.82. The lowest BCUT2D eigenvalue weighted by Gasteiger charge is -2.29. The summed E-state index contributed by atoms with van der Waals surface area (Å²) in [6, 6.07) is 5.92. The fourth-order valence-corrected chi connectivity index (χ4v) is 2.40. The molecule has 0 bridgehead atoms. The summed E-state index contributed by atoms with van der Waals surface area (Å²) >= 11 is 0. The Morgan fingerprint density at radius 3 is 3.11 bits per heavy atom. The molecule has 1 fully saturated rings. The zero-order valence-electron chi connectivity index (χ0n) is 10.5. The molecule has 0 N–H and O–H groups in total. The topological polar surface area (TPSA) is 42.1 Å². The first-order valence-corrected chi connectivity index (χ1v) is 6.40. The third-order valence-electron chi connectivity index (χ3n) is 3.41. The second-order valence-corrected chi connectivity index (χ2v) is 4.79. The number of hydrogen-bond acceptors (Lipinski definition) is 3. The second-order valence-electron chi connectivity index (χ2n) is 4.79. The maximum absolute atomic E-state index is 11.6. The molecule has 0 aliphatic carbocycles. The van der Waals surface area contributed by atoms with Crippen molar-refractivity contribution in [3.05, 3.63) is 23.8 Å². The van der Waals surface area contributed by atoms with Gasteiger partial charge in [-0.05, 0) is 25.0 Å². The van der Waals surface area contributed by atoms with Gasteiger partial charge in [0.2, 0.25) is 5.91 Å². The van der Waals surface area contributed by atoms with Crippen molar-refractivity contribution in [2.75, 3.05) is 24.7 Å². The average molecular weight is 247 g/mol. The van der Waals surface area contributed by atoms with Gasteiger partial charge in [-0.15, -0.1) is 0 Å². The van der Waals surface area contributed by atoms with Crippen molar-refractivity contribution in [3.8, 4) is 5.75 Å². The van der Waals surface area contributed by atoms with Crippen molar-refractivity contribution in [1.29, 1.82) is 0 Å². The molecular weight excluding hydrogens is 230 g/mol. The van der Waals surface area contributed by atoms with E-state index in [1.807, 2.05) is 23.1 Å². The van der Waals surface area contributed by atoms with Crippen LogP contribution in [0.1, 0.15) is 18.9 Å². The maximum Gasteiger partial charge on any atom is 0.223 e. The van der Waals surface area contributed by atoms with Crippen LogP contribution in [0.2, 0.25) is 0 Å². The van der Waals surface area contributed by atoms with Crippen LogP contribution in [-0.4, -0.2) is 31.8 Å². The Labute approximate surface area is 106 Å². The van der Waals surface area contributed by atoms with Gasteiger partial charge in [-0.3, -0.25) is 4.79 Å². The molecule has 2 heterocycles. The minimum Gasteiger partial charge on any atom is -0.490 e. The SMILES string of the molecule is CC(=O)N1CCCc2c(OCC3CO3)cccc21. The summed E-state index contributed by atoms with van der Waals surface area (Å²) in [5.74, 6) is 0.993. The van der Waals surface area contributed by atoms with E-state index in [1.165, 1.54) is 0 Å². The lowest BCUT2D eigenvalue weighted by atomic mass is 10.0. The van der Waals surface area contributed by atoms with Gasteiger partial charge in [0.1, 0.15) is 18.5 Å². The van der Waals surface area contributed by atoms with Gasteiger partial charge in [0, 0.05) is 19.0 Å². The van der Waals surface area contributed by atoms with E-state index in [0.717, 1.165) is 43.0 Å². The van der Waals surface area contributed by atoms with Gasteiger partial charge in [0.05, 0.1) is 12.3 Å². The first kappa shape index (κ1) is 11.5. The highest BCUT2D eigenvalue weighted by Gasteiger charge is 2.26. The monoisotopic (exact) mass is 247 g/mol. The Bertz CT molecular complexity index is 468. The summed E-state index contributed by atoms with van der Waals surface area (Å²) < 4.78 is 10.9. The van der Waals surface area contributed by atoms with Gasteiger partial charge in [-0.2, -0.15) is 0 Å². The van der Waals surface area contributed by atoms with Crippen LogP contribution in [0.4, 0.5) is 5.69 Å². The van der Waals surface area contributed by atoms with E-state index in [-0.39, 0.29) is 12.0 Å². The molecule has 0 spiro atoms. The van der Waals surface area contributed by atoms with Gasteiger partial charge in [-0.25, -0.2) is 0 Å².